The Morgan fingerprint density at radius 3 is 2.46 bits per heavy atom. The summed E-state index contributed by atoms with van der Waals surface area (Å²) in [6.45, 7) is 1.80. The van der Waals surface area contributed by atoms with Crippen LogP contribution in [0.2, 0.25) is 0 Å². The Bertz CT molecular complexity index is 594. The molecule has 1 aromatic rings. The average Bonchev–Trinajstić information content (AvgIpc) is 3.17. The zero-order valence-corrected chi connectivity index (χ0v) is 14.5. The Morgan fingerprint density at radius 2 is 1.88 bits per heavy atom. The Labute approximate surface area is 142 Å². The van der Waals surface area contributed by atoms with Gasteiger partial charge in [-0.2, -0.15) is 4.98 Å². The lowest BCUT2D eigenvalue weighted by atomic mass is 9.65. The molecule has 24 heavy (non-hydrogen) atoms. The molecule has 4 rings (SSSR count). The molecule has 1 amide bonds. The third-order valence-electron chi connectivity index (χ3n) is 6.56. The number of hydrogen-bond acceptors (Lipinski definition) is 5. The summed E-state index contributed by atoms with van der Waals surface area (Å²) in [6.07, 6.45) is 9.48. The molecule has 3 aliphatic carbocycles. The minimum absolute atomic E-state index is 0.0885. The molecule has 6 nitrogen and oxygen atoms in total. The number of nitrogens with zero attached hydrogens (tertiary/aromatic N) is 2. The highest BCUT2D eigenvalue weighted by molar-refractivity contribution is 5.79. The molecule has 132 valence electrons. The second-order valence-corrected chi connectivity index (χ2v) is 8.11. The van der Waals surface area contributed by atoms with Crippen molar-refractivity contribution in [2.75, 3.05) is 0 Å². The topological polar surface area (TPSA) is 94.0 Å². The van der Waals surface area contributed by atoms with Gasteiger partial charge >= 0.3 is 0 Å². The summed E-state index contributed by atoms with van der Waals surface area (Å²) in [5.41, 5.74) is 5.94. The number of nitrogens with one attached hydrogen (secondary N) is 1. The van der Waals surface area contributed by atoms with Crippen LogP contribution in [0.25, 0.3) is 0 Å². The predicted molar refractivity (Wildman–Crippen MR) is 88.9 cm³/mol. The molecule has 1 heterocycles. The summed E-state index contributed by atoms with van der Waals surface area (Å²) < 4.78 is 5.17. The maximum atomic E-state index is 13.0. The van der Waals surface area contributed by atoms with Gasteiger partial charge < -0.3 is 15.6 Å². The smallest absolute Gasteiger partial charge is 0.223 e. The number of aromatic nitrogens is 2. The van der Waals surface area contributed by atoms with Crippen LogP contribution in [0.5, 0.6) is 0 Å². The summed E-state index contributed by atoms with van der Waals surface area (Å²) >= 11 is 0. The lowest BCUT2D eigenvalue weighted by molar-refractivity contribution is -0.130. The van der Waals surface area contributed by atoms with Crippen molar-refractivity contribution in [1.29, 1.82) is 0 Å². The SMILES string of the molecule is Cc1nc(C2(NC(=O)C3CC4CCCC(C3)C4N)CCCC2)no1. The van der Waals surface area contributed by atoms with Gasteiger partial charge in [0.25, 0.3) is 0 Å². The van der Waals surface area contributed by atoms with Gasteiger partial charge in [0.05, 0.1) is 0 Å². The fourth-order valence-electron chi connectivity index (χ4n) is 5.22. The molecular formula is C18H28N4O2. The van der Waals surface area contributed by atoms with Gasteiger partial charge in [0, 0.05) is 18.9 Å². The Kier molecular flexibility index (Phi) is 4.11. The van der Waals surface area contributed by atoms with E-state index >= 15 is 0 Å². The number of hydrogen-bond donors (Lipinski definition) is 2. The van der Waals surface area contributed by atoms with Crippen LogP contribution < -0.4 is 11.1 Å². The van der Waals surface area contributed by atoms with E-state index in [4.69, 9.17) is 10.3 Å². The van der Waals surface area contributed by atoms with Crippen LogP contribution in [0.15, 0.2) is 4.52 Å². The van der Waals surface area contributed by atoms with Gasteiger partial charge in [0.15, 0.2) is 5.82 Å². The van der Waals surface area contributed by atoms with Crippen LogP contribution in [0.3, 0.4) is 0 Å². The van der Waals surface area contributed by atoms with Crippen molar-refractivity contribution in [1.82, 2.24) is 15.5 Å². The number of rotatable bonds is 3. The Morgan fingerprint density at radius 1 is 1.21 bits per heavy atom. The molecule has 0 spiro atoms. The highest BCUT2D eigenvalue weighted by Crippen LogP contribution is 2.43. The lowest BCUT2D eigenvalue weighted by Gasteiger charge is -2.44. The summed E-state index contributed by atoms with van der Waals surface area (Å²) in [5, 5.41) is 7.45. The molecule has 0 saturated heterocycles. The molecule has 2 bridgehead atoms. The summed E-state index contributed by atoms with van der Waals surface area (Å²) in [4.78, 5) is 17.5. The summed E-state index contributed by atoms with van der Waals surface area (Å²) in [5.74, 6) is 2.50. The normalized spacial score (nSPS) is 34.9. The first kappa shape index (κ1) is 16.1. The second-order valence-electron chi connectivity index (χ2n) is 8.11. The first-order chi connectivity index (χ1) is 11.6. The van der Waals surface area contributed by atoms with Crippen molar-refractivity contribution in [3.05, 3.63) is 11.7 Å². The van der Waals surface area contributed by atoms with Crippen LogP contribution in [0, 0.1) is 24.7 Å². The maximum absolute atomic E-state index is 13.0. The van der Waals surface area contributed by atoms with Crippen molar-refractivity contribution < 1.29 is 9.32 Å². The zero-order valence-electron chi connectivity index (χ0n) is 14.5. The van der Waals surface area contributed by atoms with E-state index in [2.05, 4.69) is 15.5 Å². The average molecular weight is 332 g/mol. The van der Waals surface area contributed by atoms with Crippen molar-refractivity contribution in [2.45, 2.75) is 76.3 Å². The monoisotopic (exact) mass is 332 g/mol. The third-order valence-corrected chi connectivity index (χ3v) is 6.56. The molecule has 3 saturated carbocycles. The summed E-state index contributed by atoms with van der Waals surface area (Å²) in [7, 11) is 0. The largest absolute Gasteiger partial charge is 0.343 e. The molecule has 3 N–H and O–H groups in total. The van der Waals surface area contributed by atoms with Crippen LogP contribution in [-0.2, 0) is 10.3 Å². The van der Waals surface area contributed by atoms with Gasteiger partial charge in [0.2, 0.25) is 11.8 Å². The molecule has 3 aliphatic rings. The van der Waals surface area contributed by atoms with Gasteiger partial charge in [-0.3, -0.25) is 4.79 Å². The standard InChI is InChI=1S/C18H28N4O2/c1-11-20-17(22-24-11)18(7-2-3-8-18)21-16(23)14-9-12-5-4-6-13(10-14)15(12)19/h12-15H,2-10,19H2,1H3,(H,21,23). The van der Waals surface area contributed by atoms with Crippen LogP contribution in [0.4, 0.5) is 0 Å². The van der Waals surface area contributed by atoms with E-state index in [9.17, 15) is 4.79 Å². The van der Waals surface area contributed by atoms with E-state index in [0.29, 0.717) is 29.6 Å². The van der Waals surface area contributed by atoms with Crippen molar-refractivity contribution in [3.63, 3.8) is 0 Å². The van der Waals surface area contributed by atoms with Crippen molar-refractivity contribution in [2.24, 2.45) is 23.5 Å². The fourth-order valence-corrected chi connectivity index (χ4v) is 5.22. The lowest BCUT2D eigenvalue weighted by Crippen LogP contribution is -2.52. The first-order valence-electron chi connectivity index (χ1n) is 9.46. The molecule has 1 aromatic heterocycles. The number of carbonyl (C=O) groups excluding carboxylic acids is 1. The van der Waals surface area contributed by atoms with E-state index in [-0.39, 0.29) is 11.8 Å². The van der Waals surface area contributed by atoms with Gasteiger partial charge in [-0.25, -0.2) is 0 Å². The number of fused-ring (bicyclic) bond motifs is 2. The van der Waals surface area contributed by atoms with E-state index in [1.165, 1.54) is 19.3 Å². The van der Waals surface area contributed by atoms with Gasteiger partial charge in [0.1, 0.15) is 5.54 Å². The number of amides is 1. The molecule has 0 aliphatic heterocycles. The molecular weight excluding hydrogens is 304 g/mol. The quantitative estimate of drug-likeness (QED) is 0.886. The maximum Gasteiger partial charge on any atom is 0.223 e. The molecule has 2 atom stereocenters. The molecule has 6 heteroatoms. The molecule has 0 radical (unpaired) electrons. The number of carbonyl (C=O) groups is 1. The van der Waals surface area contributed by atoms with Crippen molar-refractivity contribution >= 4 is 5.91 Å². The van der Waals surface area contributed by atoms with Crippen LogP contribution >= 0.6 is 0 Å². The first-order valence-corrected chi connectivity index (χ1v) is 9.46. The Balaban J connectivity index is 1.50. The predicted octanol–water partition coefficient (Wildman–Crippen LogP) is 2.42. The third kappa shape index (κ3) is 2.75. The fraction of sp³-hybridized carbons (Fsp3) is 0.833. The number of nitrogens with two attached hydrogens (primary N) is 1. The van der Waals surface area contributed by atoms with Crippen LogP contribution in [-0.4, -0.2) is 22.1 Å². The Hall–Kier alpha value is -1.43. The highest BCUT2D eigenvalue weighted by Gasteiger charge is 2.45. The summed E-state index contributed by atoms with van der Waals surface area (Å²) in [6, 6.07) is 0.295. The number of aryl methyl sites for hydroxylation is 1. The van der Waals surface area contributed by atoms with E-state index in [1.807, 2.05) is 0 Å². The van der Waals surface area contributed by atoms with Gasteiger partial charge in [-0.05, 0) is 50.4 Å². The van der Waals surface area contributed by atoms with Gasteiger partial charge in [-0.1, -0.05) is 24.4 Å². The minimum Gasteiger partial charge on any atom is -0.343 e. The van der Waals surface area contributed by atoms with Crippen LogP contribution in [0.1, 0.15) is 69.5 Å². The molecule has 3 fully saturated rings. The zero-order chi connectivity index (χ0) is 16.7. The van der Waals surface area contributed by atoms with E-state index in [1.54, 1.807) is 6.92 Å². The highest BCUT2D eigenvalue weighted by atomic mass is 16.5. The van der Waals surface area contributed by atoms with E-state index < -0.39 is 5.54 Å². The van der Waals surface area contributed by atoms with E-state index in [0.717, 1.165) is 38.5 Å². The second kappa shape index (κ2) is 6.14. The minimum atomic E-state index is -0.427. The van der Waals surface area contributed by atoms with Gasteiger partial charge in [-0.15, -0.1) is 0 Å². The molecule has 2 unspecified atom stereocenters. The van der Waals surface area contributed by atoms with Crippen molar-refractivity contribution in [3.8, 4) is 0 Å². The molecule has 0 aromatic carbocycles.